The number of hydrogen-bond acceptors (Lipinski definition) is 5. The van der Waals surface area contributed by atoms with E-state index in [1.807, 2.05) is 0 Å². The zero-order chi connectivity index (χ0) is 19.3. The van der Waals surface area contributed by atoms with E-state index < -0.39 is 0 Å². The Bertz CT molecular complexity index is 827. The predicted octanol–water partition coefficient (Wildman–Crippen LogP) is 1.90. The third-order valence-electron chi connectivity index (χ3n) is 6.45. The lowest BCUT2D eigenvalue weighted by Crippen LogP contribution is -2.48. The normalized spacial score (nSPS) is 30.3. The molecule has 1 aromatic carbocycles. The SMILES string of the molecule is Cl.O=C(NC1CC2CCC(C1)N2)c1ccc2c(c1)C(=O)N(CC1CCCO1)C2=O. The van der Waals surface area contributed by atoms with Gasteiger partial charge < -0.3 is 15.4 Å². The molecular formula is C21H26ClN3O4. The summed E-state index contributed by atoms with van der Waals surface area (Å²) >= 11 is 0. The second-order valence-electron chi connectivity index (χ2n) is 8.40. The van der Waals surface area contributed by atoms with E-state index in [4.69, 9.17) is 4.74 Å². The summed E-state index contributed by atoms with van der Waals surface area (Å²) in [6.07, 6.45) is 5.97. The number of fused-ring (bicyclic) bond motifs is 3. The van der Waals surface area contributed by atoms with E-state index in [1.165, 1.54) is 17.7 Å². The molecule has 3 atom stereocenters. The molecular weight excluding hydrogens is 394 g/mol. The van der Waals surface area contributed by atoms with Crippen molar-refractivity contribution < 1.29 is 19.1 Å². The second kappa shape index (κ2) is 8.05. The Labute approximate surface area is 175 Å². The van der Waals surface area contributed by atoms with Crippen molar-refractivity contribution in [3.63, 3.8) is 0 Å². The van der Waals surface area contributed by atoms with Crippen LogP contribution in [0.15, 0.2) is 18.2 Å². The molecule has 2 bridgehead atoms. The summed E-state index contributed by atoms with van der Waals surface area (Å²) in [5.41, 5.74) is 1.13. The van der Waals surface area contributed by atoms with Crippen LogP contribution in [-0.4, -0.2) is 60.0 Å². The zero-order valence-corrected chi connectivity index (χ0v) is 17.0. The maximum Gasteiger partial charge on any atom is 0.261 e. The molecule has 0 saturated carbocycles. The Morgan fingerprint density at radius 1 is 1.10 bits per heavy atom. The minimum atomic E-state index is -0.329. The fourth-order valence-corrected chi connectivity index (χ4v) is 5.03. The molecule has 0 spiro atoms. The van der Waals surface area contributed by atoms with Crippen molar-refractivity contribution in [3.8, 4) is 0 Å². The molecule has 3 fully saturated rings. The number of imide groups is 1. The summed E-state index contributed by atoms with van der Waals surface area (Å²) in [4.78, 5) is 39.4. The summed E-state index contributed by atoms with van der Waals surface area (Å²) in [5.74, 6) is -0.797. The van der Waals surface area contributed by atoms with Crippen molar-refractivity contribution in [2.45, 2.75) is 62.8 Å². The van der Waals surface area contributed by atoms with E-state index in [9.17, 15) is 14.4 Å². The van der Waals surface area contributed by atoms with Crippen LogP contribution in [0.4, 0.5) is 0 Å². The van der Waals surface area contributed by atoms with Gasteiger partial charge >= 0.3 is 0 Å². The number of carbonyl (C=O) groups excluding carboxylic acids is 3. The van der Waals surface area contributed by atoms with Crippen molar-refractivity contribution in [2.24, 2.45) is 0 Å². The zero-order valence-electron chi connectivity index (χ0n) is 16.2. The Morgan fingerprint density at radius 2 is 1.83 bits per heavy atom. The summed E-state index contributed by atoms with van der Waals surface area (Å²) in [6.45, 7) is 0.961. The maximum atomic E-state index is 12.8. The number of piperidine rings is 1. The summed E-state index contributed by atoms with van der Waals surface area (Å²) in [5, 5.41) is 6.68. The van der Waals surface area contributed by atoms with Gasteiger partial charge in [-0.05, 0) is 56.7 Å². The van der Waals surface area contributed by atoms with Crippen molar-refractivity contribution in [2.75, 3.05) is 13.2 Å². The highest BCUT2D eigenvalue weighted by Gasteiger charge is 2.38. The molecule has 3 saturated heterocycles. The lowest BCUT2D eigenvalue weighted by atomic mass is 9.99. The molecule has 5 rings (SSSR count). The number of halogens is 1. The molecule has 1 aromatic rings. The van der Waals surface area contributed by atoms with Gasteiger partial charge in [-0.3, -0.25) is 19.3 Å². The molecule has 7 nitrogen and oxygen atoms in total. The largest absolute Gasteiger partial charge is 0.376 e. The molecule has 4 aliphatic heterocycles. The van der Waals surface area contributed by atoms with Gasteiger partial charge in [0.1, 0.15) is 0 Å². The Balaban J connectivity index is 0.00000205. The maximum absolute atomic E-state index is 12.8. The monoisotopic (exact) mass is 419 g/mol. The molecule has 0 radical (unpaired) electrons. The van der Waals surface area contributed by atoms with Gasteiger partial charge in [0, 0.05) is 30.3 Å². The molecule has 4 aliphatic rings. The number of carbonyl (C=O) groups is 3. The van der Waals surface area contributed by atoms with Crippen LogP contribution in [0.5, 0.6) is 0 Å². The molecule has 8 heteroatoms. The summed E-state index contributed by atoms with van der Waals surface area (Å²) in [7, 11) is 0. The number of hydrogen-bond donors (Lipinski definition) is 2. The molecule has 3 unspecified atom stereocenters. The molecule has 0 aliphatic carbocycles. The smallest absolute Gasteiger partial charge is 0.261 e. The standard InChI is InChI=1S/C21H25N3O4.ClH/c25-19(23-15-9-13-4-5-14(10-15)22-13)12-3-6-17-18(8-12)21(27)24(20(17)26)11-16-2-1-7-28-16;/h3,6,8,13-16,22H,1-2,4-5,7,9-11H2,(H,23,25);1H. The number of nitrogens with one attached hydrogen (secondary N) is 2. The quantitative estimate of drug-likeness (QED) is 0.728. The number of amides is 3. The van der Waals surface area contributed by atoms with Crippen LogP contribution in [0.2, 0.25) is 0 Å². The fraction of sp³-hybridized carbons (Fsp3) is 0.571. The van der Waals surface area contributed by atoms with Crippen LogP contribution in [0, 0.1) is 0 Å². The minimum Gasteiger partial charge on any atom is -0.376 e. The van der Waals surface area contributed by atoms with E-state index in [1.54, 1.807) is 18.2 Å². The van der Waals surface area contributed by atoms with Crippen LogP contribution in [0.25, 0.3) is 0 Å². The average Bonchev–Trinajstić information content (AvgIpc) is 3.38. The molecule has 2 N–H and O–H groups in total. The Hall–Kier alpha value is -1.96. The summed E-state index contributed by atoms with van der Waals surface area (Å²) in [6, 6.07) is 5.96. The van der Waals surface area contributed by atoms with Gasteiger partial charge in [0.15, 0.2) is 0 Å². The number of rotatable bonds is 4. The van der Waals surface area contributed by atoms with Gasteiger partial charge in [0.25, 0.3) is 17.7 Å². The van der Waals surface area contributed by atoms with E-state index in [0.717, 1.165) is 25.7 Å². The average molecular weight is 420 g/mol. The third kappa shape index (κ3) is 3.79. The van der Waals surface area contributed by atoms with Gasteiger partial charge in [-0.15, -0.1) is 12.4 Å². The molecule has 156 valence electrons. The fourth-order valence-electron chi connectivity index (χ4n) is 5.03. The minimum absolute atomic E-state index is 0. The second-order valence-corrected chi connectivity index (χ2v) is 8.40. The van der Waals surface area contributed by atoms with Gasteiger partial charge in [-0.2, -0.15) is 0 Å². The first-order chi connectivity index (χ1) is 13.6. The molecule has 4 heterocycles. The summed E-state index contributed by atoms with van der Waals surface area (Å²) < 4.78 is 5.56. The van der Waals surface area contributed by atoms with Crippen molar-refractivity contribution in [1.82, 2.24) is 15.5 Å². The predicted molar refractivity (Wildman–Crippen MR) is 108 cm³/mol. The lowest BCUT2D eigenvalue weighted by Gasteiger charge is -2.29. The van der Waals surface area contributed by atoms with Crippen molar-refractivity contribution >= 4 is 30.1 Å². The van der Waals surface area contributed by atoms with E-state index >= 15 is 0 Å². The lowest BCUT2D eigenvalue weighted by molar-refractivity contribution is 0.0475. The first-order valence-electron chi connectivity index (χ1n) is 10.3. The molecule has 29 heavy (non-hydrogen) atoms. The van der Waals surface area contributed by atoms with E-state index in [-0.39, 0.29) is 48.8 Å². The van der Waals surface area contributed by atoms with Gasteiger partial charge in [0.05, 0.1) is 23.8 Å². The van der Waals surface area contributed by atoms with Crippen LogP contribution in [0.1, 0.15) is 69.6 Å². The van der Waals surface area contributed by atoms with E-state index in [2.05, 4.69) is 10.6 Å². The van der Waals surface area contributed by atoms with Crippen LogP contribution in [0.3, 0.4) is 0 Å². The van der Waals surface area contributed by atoms with Gasteiger partial charge in [-0.1, -0.05) is 0 Å². The van der Waals surface area contributed by atoms with Crippen molar-refractivity contribution in [3.05, 3.63) is 34.9 Å². The Morgan fingerprint density at radius 3 is 2.52 bits per heavy atom. The van der Waals surface area contributed by atoms with Crippen molar-refractivity contribution in [1.29, 1.82) is 0 Å². The van der Waals surface area contributed by atoms with Crippen LogP contribution < -0.4 is 10.6 Å². The highest BCUT2D eigenvalue weighted by Crippen LogP contribution is 2.28. The third-order valence-corrected chi connectivity index (χ3v) is 6.45. The first kappa shape index (κ1) is 20.3. The molecule has 0 aromatic heterocycles. The topological polar surface area (TPSA) is 87.7 Å². The highest BCUT2D eigenvalue weighted by atomic mass is 35.5. The number of benzene rings is 1. The van der Waals surface area contributed by atoms with Gasteiger partial charge in [-0.25, -0.2) is 0 Å². The van der Waals surface area contributed by atoms with E-state index in [0.29, 0.717) is 35.4 Å². The molecule has 3 amide bonds. The van der Waals surface area contributed by atoms with Crippen LogP contribution >= 0.6 is 12.4 Å². The first-order valence-corrected chi connectivity index (χ1v) is 10.3. The highest BCUT2D eigenvalue weighted by molar-refractivity contribution is 6.22. The van der Waals surface area contributed by atoms with Crippen LogP contribution in [-0.2, 0) is 4.74 Å². The van der Waals surface area contributed by atoms with Gasteiger partial charge in [0.2, 0.25) is 0 Å². The Kier molecular flexibility index (Phi) is 5.64. The number of ether oxygens (including phenoxy) is 1. The number of nitrogens with zero attached hydrogens (tertiary/aromatic N) is 1.